The second-order valence-corrected chi connectivity index (χ2v) is 2.48. The molecule has 0 aliphatic heterocycles. The van der Waals surface area contributed by atoms with Crippen molar-refractivity contribution in [2.24, 2.45) is 0 Å². The molecular weight excluding hydrogens is 139 g/mol. The van der Waals surface area contributed by atoms with Gasteiger partial charge in [0.25, 0.3) is 0 Å². The predicted octanol–water partition coefficient (Wildman–Crippen LogP) is 3.77. The second kappa shape index (κ2) is 5.90. The highest BCUT2D eigenvalue weighted by atomic mass is 19.1. The highest BCUT2D eigenvalue weighted by Crippen LogP contribution is 2.02. The molecule has 0 fully saturated rings. The maximum Gasteiger partial charge on any atom is 0.0971 e. The van der Waals surface area contributed by atoms with E-state index in [1.807, 2.05) is 25.2 Å². The lowest BCUT2D eigenvalue weighted by Gasteiger charge is -1.87. The zero-order chi connectivity index (χ0) is 8.69. The number of hydrogen-bond acceptors (Lipinski definition) is 0. The van der Waals surface area contributed by atoms with Crippen LogP contribution in [0.3, 0.4) is 0 Å². The number of allylic oxidation sites excluding steroid dienone is 6. The summed E-state index contributed by atoms with van der Waals surface area (Å²) in [7, 11) is 0. The Morgan fingerprint density at radius 3 is 2.45 bits per heavy atom. The number of rotatable bonds is 3. The first-order valence-electron chi connectivity index (χ1n) is 3.84. The molecule has 0 aliphatic rings. The molecule has 0 unspecified atom stereocenters. The molecule has 0 saturated carbocycles. The lowest BCUT2D eigenvalue weighted by atomic mass is 10.2. The van der Waals surface area contributed by atoms with E-state index >= 15 is 0 Å². The van der Waals surface area contributed by atoms with Crippen LogP contribution in [0.25, 0.3) is 0 Å². The highest BCUT2D eigenvalue weighted by Gasteiger charge is 1.82. The normalized spacial score (nSPS) is 14.5. The van der Waals surface area contributed by atoms with Crippen molar-refractivity contribution in [2.75, 3.05) is 0 Å². The molecule has 11 heavy (non-hydrogen) atoms. The van der Waals surface area contributed by atoms with Crippen LogP contribution in [0.15, 0.2) is 35.7 Å². The summed E-state index contributed by atoms with van der Waals surface area (Å²) in [5.41, 5.74) is 0.940. The molecular formula is C10H15F. The minimum atomic E-state index is -0.149. The van der Waals surface area contributed by atoms with Crippen LogP contribution in [-0.4, -0.2) is 0 Å². The fraction of sp³-hybridized carbons (Fsp3) is 0.400. The van der Waals surface area contributed by atoms with E-state index in [4.69, 9.17) is 0 Å². The first kappa shape index (κ1) is 10.2. The van der Waals surface area contributed by atoms with E-state index in [0.717, 1.165) is 12.0 Å². The molecule has 1 heteroatoms. The number of halogens is 1. The maximum absolute atomic E-state index is 12.3. The van der Waals surface area contributed by atoms with Crippen molar-refractivity contribution in [1.29, 1.82) is 0 Å². The molecule has 0 N–H and O–H groups in total. The molecule has 0 atom stereocenters. The van der Waals surface area contributed by atoms with Gasteiger partial charge in [-0.3, -0.25) is 0 Å². The van der Waals surface area contributed by atoms with Crippen LogP contribution in [0.1, 0.15) is 27.2 Å². The predicted molar refractivity (Wildman–Crippen MR) is 48.1 cm³/mol. The topological polar surface area (TPSA) is 0 Å². The van der Waals surface area contributed by atoms with Crippen LogP contribution >= 0.6 is 0 Å². The standard InChI is InChI=1S/C10H15F/c1-4-5-6-7-9(2)8-10(3)11/h5-8H,4H2,1-3H3/b6-5?,9-7-,10-8+. The van der Waals surface area contributed by atoms with Gasteiger partial charge in [-0.05, 0) is 31.9 Å². The van der Waals surface area contributed by atoms with Crippen LogP contribution in [0.2, 0.25) is 0 Å². The van der Waals surface area contributed by atoms with Crippen molar-refractivity contribution in [1.82, 2.24) is 0 Å². The highest BCUT2D eigenvalue weighted by molar-refractivity contribution is 5.22. The van der Waals surface area contributed by atoms with Gasteiger partial charge in [0.1, 0.15) is 0 Å². The van der Waals surface area contributed by atoms with Gasteiger partial charge < -0.3 is 0 Å². The molecule has 0 bridgehead atoms. The van der Waals surface area contributed by atoms with E-state index < -0.39 is 0 Å². The summed E-state index contributed by atoms with van der Waals surface area (Å²) >= 11 is 0. The van der Waals surface area contributed by atoms with E-state index in [1.165, 1.54) is 13.0 Å². The summed E-state index contributed by atoms with van der Waals surface area (Å²) in [4.78, 5) is 0. The van der Waals surface area contributed by atoms with Gasteiger partial charge in [0, 0.05) is 0 Å². The van der Waals surface area contributed by atoms with Gasteiger partial charge in [-0.2, -0.15) is 0 Å². The molecule has 0 radical (unpaired) electrons. The molecule has 0 aromatic carbocycles. The van der Waals surface area contributed by atoms with Crippen LogP contribution < -0.4 is 0 Å². The van der Waals surface area contributed by atoms with Crippen LogP contribution in [0.4, 0.5) is 4.39 Å². The lowest BCUT2D eigenvalue weighted by molar-refractivity contribution is 0.639. The summed E-state index contributed by atoms with van der Waals surface area (Å²) in [6.07, 6.45) is 8.40. The van der Waals surface area contributed by atoms with Crippen LogP contribution in [0, 0.1) is 0 Å². The lowest BCUT2D eigenvalue weighted by Crippen LogP contribution is -1.68. The Morgan fingerprint density at radius 1 is 1.36 bits per heavy atom. The third-order valence-electron chi connectivity index (χ3n) is 1.16. The molecule has 0 aromatic rings. The van der Waals surface area contributed by atoms with Crippen molar-refractivity contribution in [3.05, 3.63) is 35.7 Å². The summed E-state index contributed by atoms with van der Waals surface area (Å²) in [6.45, 7) is 5.39. The SMILES string of the molecule is CCC=C/C=C(C)\C=C(/C)F. The second-order valence-electron chi connectivity index (χ2n) is 2.48. The molecule has 0 rings (SSSR count). The Morgan fingerprint density at radius 2 is 2.00 bits per heavy atom. The Balaban J connectivity index is 4.01. The van der Waals surface area contributed by atoms with Gasteiger partial charge in [0.2, 0.25) is 0 Å². The zero-order valence-electron chi connectivity index (χ0n) is 7.39. The molecule has 62 valence electrons. The smallest absolute Gasteiger partial charge is 0.0971 e. The van der Waals surface area contributed by atoms with Crippen LogP contribution in [0.5, 0.6) is 0 Å². The van der Waals surface area contributed by atoms with Crippen molar-refractivity contribution in [2.45, 2.75) is 27.2 Å². The first-order chi connectivity index (χ1) is 5.16. The third-order valence-corrected chi connectivity index (χ3v) is 1.16. The average molecular weight is 154 g/mol. The molecule has 0 amide bonds. The molecule has 0 nitrogen and oxygen atoms in total. The summed E-state index contributed by atoms with van der Waals surface area (Å²) < 4.78 is 12.3. The first-order valence-corrected chi connectivity index (χ1v) is 3.84. The van der Waals surface area contributed by atoms with Gasteiger partial charge in [0.15, 0.2) is 0 Å². The van der Waals surface area contributed by atoms with Gasteiger partial charge in [-0.15, -0.1) is 0 Å². The summed E-state index contributed by atoms with van der Waals surface area (Å²) in [5.74, 6) is -0.149. The monoisotopic (exact) mass is 154 g/mol. The molecule has 0 aliphatic carbocycles. The minimum absolute atomic E-state index is 0.149. The molecule has 0 spiro atoms. The van der Waals surface area contributed by atoms with E-state index in [2.05, 4.69) is 6.92 Å². The van der Waals surface area contributed by atoms with Gasteiger partial charge in [-0.25, -0.2) is 4.39 Å². The average Bonchev–Trinajstić information content (AvgIpc) is 1.86. The molecule has 0 saturated heterocycles. The Hall–Kier alpha value is -0.850. The number of hydrogen-bond donors (Lipinski definition) is 0. The maximum atomic E-state index is 12.3. The van der Waals surface area contributed by atoms with E-state index in [1.54, 1.807) is 0 Å². The Bertz CT molecular complexity index is 181. The summed E-state index contributed by atoms with van der Waals surface area (Å²) in [5, 5.41) is 0. The van der Waals surface area contributed by atoms with Gasteiger partial charge >= 0.3 is 0 Å². The Kier molecular flexibility index (Phi) is 5.44. The van der Waals surface area contributed by atoms with Crippen molar-refractivity contribution < 1.29 is 4.39 Å². The third kappa shape index (κ3) is 7.04. The van der Waals surface area contributed by atoms with Crippen LogP contribution in [-0.2, 0) is 0 Å². The largest absolute Gasteiger partial charge is 0.212 e. The fourth-order valence-electron chi connectivity index (χ4n) is 0.718. The Labute approximate surface area is 68.1 Å². The van der Waals surface area contributed by atoms with E-state index in [0.29, 0.717) is 0 Å². The van der Waals surface area contributed by atoms with Crippen molar-refractivity contribution in [3.63, 3.8) is 0 Å². The quantitative estimate of drug-likeness (QED) is 0.543. The van der Waals surface area contributed by atoms with Gasteiger partial charge in [-0.1, -0.05) is 25.2 Å². The summed E-state index contributed by atoms with van der Waals surface area (Å²) in [6, 6.07) is 0. The van der Waals surface area contributed by atoms with E-state index in [9.17, 15) is 4.39 Å². The zero-order valence-corrected chi connectivity index (χ0v) is 7.39. The molecule has 0 aromatic heterocycles. The van der Waals surface area contributed by atoms with E-state index in [-0.39, 0.29) is 5.83 Å². The van der Waals surface area contributed by atoms with Crippen molar-refractivity contribution in [3.8, 4) is 0 Å². The van der Waals surface area contributed by atoms with Gasteiger partial charge in [0.05, 0.1) is 5.83 Å². The molecule has 0 heterocycles. The minimum Gasteiger partial charge on any atom is -0.212 e. The van der Waals surface area contributed by atoms with Crippen molar-refractivity contribution >= 4 is 0 Å². The fourth-order valence-corrected chi connectivity index (χ4v) is 0.718.